The van der Waals surface area contributed by atoms with Crippen molar-refractivity contribution in [1.29, 1.82) is 0 Å². The summed E-state index contributed by atoms with van der Waals surface area (Å²) in [5.41, 5.74) is 0.181. The molecule has 1 aliphatic rings. The van der Waals surface area contributed by atoms with Crippen LogP contribution in [0.5, 0.6) is 0 Å². The van der Waals surface area contributed by atoms with Gasteiger partial charge in [-0.2, -0.15) is 0 Å². The molecule has 1 saturated heterocycles. The van der Waals surface area contributed by atoms with Gasteiger partial charge in [0.25, 0.3) is 5.91 Å². The van der Waals surface area contributed by atoms with E-state index in [1.807, 2.05) is 0 Å². The molecule has 0 aromatic carbocycles. The minimum Gasteiger partial charge on any atom is -0.480 e. The average molecular weight is 326 g/mol. The molecule has 0 saturated carbocycles. The topological polar surface area (TPSA) is 99.6 Å². The minimum absolute atomic E-state index is 0.0497. The van der Waals surface area contributed by atoms with Crippen molar-refractivity contribution in [2.24, 2.45) is 5.92 Å². The van der Waals surface area contributed by atoms with E-state index in [-0.39, 0.29) is 29.5 Å². The Kier molecular flexibility index (Phi) is 4.97. The first kappa shape index (κ1) is 16.2. The molecule has 0 bridgehead atoms. The summed E-state index contributed by atoms with van der Waals surface area (Å²) >= 11 is 5.96. The third-order valence-corrected chi connectivity index (χ3v) is 4.05. The molecule has 2 atom stereocenters. The average Bonchev–Trinajstić information content (AvgIpc) is 2.53. The lowest BCUT2D eigenvalue weighted by molar-refractivity contribution is -0.145. The van der Waals surface area contributed by atoms with Gasteiger partial charge in [0.05, 0.1) is 16.5 Å². The summed E-state index contributed by atoms with van der Waals surface area (Å²) in [5.74, 6) is -2.23. The predicted molar refractivity (Wildman–Crippen MR) is 78.5 cm³/mol. The van der Waals surface area contributed by atoms with Crippen molar-refractivity contribution in [3.05, 3.63) is 29.0 Å². The lowest BCUT2D eigenvalue weighted by Gasteiger charge is -2.36. The van der Waals surface area contributed by atoms with E-state index < -0.39 is 23.8 Å². The van der Waals surface area contributed by atoms with Gasteiger partial charge in [-0.15, -0.1) is 0 Å². The Morgan fingerprint density at radius 1 is 1.41 bits per heavy atom. The third kappa shape index (κ3) is 3.19. The number of aromatic nitrogens is 1. The van der Waals surface area contributed by atoms with Gasteiger partial charge in [-0.25, -0.2) is 4.79 Å². The van der Waals surface area contributed by atoms with E-state index in [4.69, 9.17) is 11.6 Å². The van der Waals surface area contributed by atoms with Crippen LogP contribution in [0.2, 0.25) is 5.02 Å². The van der Waals surface area contributed by atoms with Crippen LogP contribution in [0.25, 0.3) is 0 Å². The molecular formula is C14H16ClN3O4. The van der Waals surface area contributed by atoms with Crippen LogP contribution in [0.3, 0.4) is 0 Å². The fourth-order valence-corrected chi connectivity index (χ4v) is 2.77. The Labute approximate surface area is 132 Å². The van der Waals surface area contributed by atoms with E-state index in [9.17, 15) is 19.5 Å². The Balaban J connectivity index is 2.29. The normalized spacial score (nSPS) is 21.3. The van der Waals surface area contributed by atoms with Crippen molar-refractivity contribution in [2.45, 2.75) is 18.9 Å². The van der Waals surface area contributed by atoms with Crippen molar-refractivity contribution >= 4 is 29.4 Å². The first-order chi connectivity index (χ1) is 10.5. The highest BCUT2D eigenvalue weighted by Crippen LogP contribution is 2.26. The highest BCUT2D eigenvalue weighted by molar-refractivity contribution is 6.33. The molecule has 0 spiro atoms. The SMILES string of the molecule is CNC(=O)[C@H]1CC[C@@H](C(=O)O)N(C(=O)c2ccncc2Cl)C1. The zero-order valence-electron chi connectivity index (χ0n) is 12.0. The lowest BCUT2D eigenvalue weighted by atomic mass is 9.91. The molecule has 118 valence electrons. The summed E-state index contributed by atoms with van der Waals surface area (Å²) in [6.07, 6.45) is 3.38. The summed E-state index contributed by atoms with van der Waals surface area (Å²) in [7, 11) is 1.51. The third-order valence-electron chi connectivity index (χ3n) is 3.75. The first-order valence-corrected chi connectivity index (χ1v) is 7.18. The molecular weight excluding hydrogens is 310 g/mol. The maximum Gasteiger partial charge on any atom is 0.326 e. The number of hydrogen-bond acceptors (Lipinski definition) is 4. The second-order valence-electron chi connectivity index (χ2n) is 5.06. The molecule has 0 radical (unpaired) electrons. The smallest absolute Gasteiger partial charge is 0.326 e. The summed E-state index contributed by atoms with van der Waals surface area (Å²) < 4.78 is 0. The van der Waals surface area contributed by atoms with Crippen LogP contribution >= 0.6 is 11.6 Å². The molecule has 7 nitrogen and oxygen atoms in total. The van der Waals surface area contributed by atoms with Crippen LogP contribution in [-0.4, -0.2) is 52.4 Å². The molecule has 2 heterocycles. The number of nitrogens with zero attached hydrogens (tertiary/aromatic N) is 2. The molecule has 0 unspecified atom stereocenters. The van der Waals surface area contributed by atoms with E-state index in [0.717, 1.165) is 0 Å². The second-order valence-corrected chi connectivity index (χ2v) is 5.46. The fourth-order valence-electron chi connectivity index (χ4n) is 2.57. The van der Waals surface area contributed by atoms with Crippen LogP contribution in [0.4, 0.5) is 0 Å². The highest BCUT2D eigenvalue weighted by Gasteiger charge is 2.38. The van der Waals surface area contributed by atoms with Crippen LogP contribution in [-0.2, 0) is 9.59 Å². The van der Waals surface area contributed by atoms with E-state index in [1.165, 1.54) is 30.4 Å². The summed E-state index contributed by atoms with van der Waals surface area (Å²) in [5, 5.41) is 12.0. The first-order valence-electron chi connectivity index (χ1n) is 6.80. The number of amides is 2. The Morgan fingerprint density at radius 2 is 2.14 bits per heavy atom. The van der Waals surface area contributed by atoms with E-state index in [1.54, 1.807) is 0 Å². The number of carbonyl (C=O) groups is 3. The molecule has 22 heavy (non-hydrogen) atoms. The van der Waals surface area contributed by atoms with Gasteiger partial charge < -0.3 is 15.3 Å². The number of aliphatic carboxylic acids is 1. The molecule has 2 rings (SSSR count). The fraction of sp³-hybridized carbons (Fsp3) is 0.429. The van der Waals surface area contributed by atoms with E-state index in [2.05, 4.69) is 10.3 Å². The van der Waals surface area contributed by atoms with Gasteiger partial charge in [0.2, 0.25) is 5.91 Å². The zero-order valence-corrected chi connectivity index (χ0v) is 12.7. The van der Waals surface area contributed by atoms with Crippen molar-refractivity contribution < 1.29 is 19.5 Å². The van der Waals surface area contributed by atoms with Crippen molar-refractivity contribution in [2.75, 3.05) is 13.6 Å². The second kappa shape index (κ2) is 6.74. The van der Waals surface area contributed by atoms with Gasteiger partial charge in [0.15, 0.2) is 0 Å². The Hall–Kier alpha value is -2.15. The summed E-state index contributed by atoms with van der Waals surface area (Å²) in [6.45, 7) is 0.0497. The number of carboxylic acids is 1. The summed E-state index contributed by atoms with van der Waals surface area (Å²) in [6, 6.07) is 0.477. The van der Waals surface area contributed by atoms with Crippen molar-refractivity contribution in [3.8, 4) is 0 Å². The van der Waals surface area contributed by atoms with Crippen LogP contribution < -0.4 is 5.32 Å². The molecule has 1 fully saturated rings. The maximum absolute atomic E-state index is 12.6. The number of likely N-dealkylation sites (tertiary alicyclic amines) is 1. The predicted octanol–water partition coefficient (Wildman–Crippen LogP) is 0.786. The van der Waals surface area contributed by atoms with Crippen LogP contribution in [0, 0.1) is 5.92 Å². The lowest BCUT2D eigenvalue weighted by Crippen LogP contribution is -2.53. The number of rotatable bonds is 3. The van der Waals surface area contributed by atoms with Crippen molar-refractivity contribution in [1.82, 2.24) is 15.2 Å². The number of halogens is 1. The molecule has 1 aromatic heterocycles. The number of nitrogens with one attached hydrogen (secondary N) is 1. The van der Waals surface area contributed by atoms with Crippen molar-refractivity contribution in [3.63, 3.8) is 0 Å². The number of piperidine rings is 1. The molecule has 8 heteroatoms. The Bertz CT molecular complexity index is 608. The standard InChI is InChI=1S/C14H16ClN3O4/c1-16-12(19)8-2-3-11(14(21)22)18(7-8)13(20)9-4-5-17-6-10(9)15/h4-6,8,11H,2-3,7H2,1H3,(H,16,19)(H,21,22)/t8-,11-/m0/s1. The van der Waals surface area contributed by atoms with E-state index in [0.29, 0.717) is 6.42 Å². The van der Waals surface area contributed by atoms with Gasteiger partial charge in [-0.05, 0) is 18.9 Å². The largest absolute Gasteiger partial charge is 0.480 e. The van der Waals surface area contributed by atoms with Gasteiger partial charge >= 0.3 is 5.97 Å². The number of carbonyl (C=O) groups excluding carboxylic acids is 2. The molecule has 2 N–H and O–H groups in total. The number of pyridine rings is 1. The van der Waals surface area contributed by atoms with Gasteiger partial charge in [0, 0.05) is 26.0 Å². The zero-order chi connectivity index (χ0) is 16.3. The Morgan fingerprint density at radius 3 is 2.73 bits per heavy atom. The highest BCUT2D eigenvalue weighted by atomic mass is 35.5. The minimum atomic E-state index is -1.09. The maximum atomic E-state index is 12.6. The van der Waals surface area contributed by atoms with E-state index >= 15 is 0 Å². The van der Waals surface area contributed by atoms with Crippen LogP contribution in [0.1, 0.15) is 23.2 Å². The molecule has 0 aliphatic carbocycles. The number of hydrogen-bond donors (Lipinski definition) is 2. The van der Waals surface area contributed by atoms with Gasteiger partial charge in [-0.3, -0.25) is 14.6 Å². The van der Waals surface area contributed by atoms with Crippen LogP contribution in [0.15, 0.2) is 18.5 Å². The molecule has 1 aromatic rings. The monoisotopic (exact) mass is 325 g/mol. The quantitative estimate of drug-likeness (QED) is 0.855. The summed E-state index contributed by atoms with van der Waals surface area (Å²) in [4.78, 5) is 40.8. The van der Waals surface area contributed by atoms with Gasteiger partial charge in [0.1, 0.15) is 6.04 Å². The molecule has 2 amide bonds. The molecule has 1 aliphatic heterocycles. The number of carboxylic acid groups (broad SMARTS) is 1. The van der Waals surface area contributed by atoms with Gasteiger partial charge in [-0.1, -0.05) is 11.6 Å².